The van der Waals surface area contributed by atoms with E-state index < -0.39 is 0 Å². The number of ether oxygens (including phenoxy) is 1. The molecular formula is C15H25NO. The maximum Gasteiger partial charge on any atom is 0.0437 e. The summed E-state index contributed by atoms with van der Waals surface area (Å²) < 4.78 is 4.83. The largest absolute Gasteiger partial charge is 0.382 e. The van der Waals surface area contributed by atoms with Gasteiger partial charge in [0.1, 0.15) is 0 Å². The maximum atomic E-state index is 4.83. The quantitative estimate of drug-likeness (QED) is 0.791. The molecule has 0 amide bonds. The van der Waals surface area contributed by atoms with Crippen molar-refractivity contribution in [3.63, 3.8) is 0 Å². The van der Waals surface area contributed by atoms with Crippen LogP contribution in [0.25, 0.3) is 0 Å². The van der Waals surface area contributed by atoms with E-state index in [0.29, 0.717) is 0 Å². The molecule has 2 rings (SSSR count). The summed E-state index contributed by atoms with van der Waals surface area (Å²) in [6, 6.07) is 10.7. The normalized spacial score (nSPS) is 15.1. The van der Waals surface area contributed by atoms with E-state index in [1.165, 1.54) is 38.0 Å². The molecule has 0 N–H and O–H groups in total. The number of piperidine rings is 1. The Labute approximate surface area is 106 Å². The molecule has 1 aromatic carbocycles. The first-order valence-corrected chi connectivity index (χ1v) is 6.76. The second-order valence-electron chi connectivity index (χ2n) is 4.16. The lowest BCUT2D eigenvalue weighted by atomic mass is 10.1. The lowest BCUT2D eigenvalue weighted by molar-refractivity contribution is 0.162. The van der Waals surface area contributed by atoms with Crippen LogP contribution in [0.5, 0.6) is 0 Å². The topological polar surface area (TPSA) is 12.5 Å². The molecule has 0 saturated carbocycles. The fraction of sp³-hybridized carbons (Fsp3) is 0.600. The first-order valence-electron chi connectivity index (χ1n) is 6.76. The van der Waals surface area contributed by atoms with Crippen LogP contribution in [0.1, 0.15) is 33.1 Å². The summed E-state index contributed by atoms with van der Waals surface area (Å²) in [4.78, 5) is 2.48. The average molecular weight is 235 g/mol. The molecule has 17 heavy (non-hydrogen) atoms. The van der Waals surface area contributed by atoms with Crippen LogP contribution in [0.15, 0.2) is 30.3 Å². The Morgan fingerprint density at radius 2 is 1.53 bits per heavy atom. The zero-order valence-electron chi connectivity index (χ0n) is 11.2. The van der Waals surface area contributed by atoms with Crippen LogP contribution in [0.2, 0.25) is 0 Å². The number of nitrogens with zero attached hydrogens (tertiary/aromatic N) is 1. The lowest BCUT2D eigenvalue weighted by Crippen LogP contribution is -2.29. The second-order valence-corrected chi connectivity index (χ2v) is 4.16. The van der Waals surface area contributed by atoms with E-state index in [0.717, 1.165) is 13.2 Å². The highest BCUT2D eigenvalue weighted by atomic mass is 16.5. The third-order valence-corrected chi connectivity index (χ3v) is 2.89. The number of rotatable bonds is 3. The molecule has 1 fully saturated rings. The van der Waals surface area contributed by atoms with Gasteiger partial charge in [-0.15, -0.1) is 0 Å². The molecule has 1 aromatic rings. The van der Waals surface area contributed by atoms with Gasteiger partial charge in [0.25, 0.3) is 0 Å². The van der Waals surface area contributed by atoms with Crippen molar-refractivity contribution in [2.45, 2.75) is 33.1 Å². The molecule has 0 bridgehead atoms. The van der Waals surface area contributed by atoms with Crippen LogP contribution < -0.4 is 4.90 Å². The van der Waals surface area contributed by atoms with Crippen molar-refractivity contribution in [1.29, 1.82) is 0 Å². The minimum Gasteiger partial charge on any atom is -0.382 e. The van der Waals surface area contributed by atoms with E-state index in [2.05, 4.69) is 35.2 Å². The van der Waals surface area contributed by atoms with Crippen molar-refractivity contribution in [3.05, 3.63) is 30.3 Å². The number of anilines is 1. The predicted octanol–water partition coefficient (Wildman–Crippen LogP) is 3.72. The summed E-state index contributed by atoms with van der Waals surface area (Å²) in [5, 5.41) is 0. The number of benzene rings is 1. The molecule has 0 aliphatic carbocycles. The van der Waals surface area contributed by atoms with Crippen LogP contribution in [-0.4, -0.2) is 26.3 Å². The molecule has 1 aliphatic heterocycles. The van der Waals surface area contributed by atoms with Crippen molar-refractivity contribution in [1.82, 2.24) is 0 Å². The van der Waals surface area contributed by atoms with Gasteiger partial charge in [-0.3, -0.25) is 0 Å². The SMILES string of the molecule is CCOCC.c1ccc(N2CCCCC2)cc1. The average Bonchev–Trinajstić information content (AvgIpc) is 2.42. The molecule has 96 valence electrons. The monoisotopic (exact) mass is 235 g/mol. The van der Waals surface area contributed by atoms with Crippen LogP contribution in [0, 0.1) is 0 Å². The molecule has 1 heterocycles. The van der Waals surface area contributed by atoms with Crippen LogP contribution in [0.4, 0.5) is 5.69 Å². The fourth-order valence-corrected chi connectivity index (χ4v) is 2.00. The lowest BCUT2D eigenvalue weighted by Gasteiger charge is -2.28. The molecule has 2 heteroatoms. The first kappa shape index (κ1) is 14.0. The Balaban J connectivity index is 0.000000249. The van der Waals surface area contributed by atoms with Gasteiger partial charge in [0.05, 0.1) is 0 Å². The first-order chi connectivity index (χ1) is 8.38. The van der Waals surface area contributed by atoms with E-state index in [1.807, 2.05) is 13.8 Å². The highest BCUT2D eigenvalue weighted by Gasteiger charge is 2.09. The van der Waals surface area contributed by atoms with Crippen molar-refractivity contribution in [2.24, 2.45) is 0 Å². The van der Waals surface area contributed by atoms with Gasteiger partial charge < -0.3 is 9.64 Å². The Hall–Kier alpha value is -1.02. The second kappa shape index (κ2) is 9.06. The van der Waals surface area contributed by atoms with Gasteiger partial charge in [-0.2, -0.15) is 0 Å². The number of hydrogen-bond donors (Lipinski definition) is 0. The van der Waals surface area contributed by atoms with Crippen LogP contribution in [-0.2, 0) is 4.74 Å². The fourth-order valence-electron chi connectivity index (χ4n) is 2.00. The Bertz CT molecular complexity index is 266. The van der Waals surface area contributed by atoms with Gasteiger partial charge in [-0.1, -0.05) is 18.2 Å². The minimum absolute atomic E-state index is 0.844. The van der Waals surface area contributed by atoms with E-state index >= 15 is 0 Å². The molecule has 1 saturated heterocycles. The highest BCUT2D eigenvalue weighted by molar-refractivity contribution is 5.46. The molecule has 0 radical (unpaired) electrons. The van der Waals surface area contributed by atoms with Crippen molar-refractivity contribution in [2.75, 3.05) is 31.2 Å². The molecule has 1 aliphatic rings. The zero-order valence-corrected chi connectivity index (χ0v) is 11.2. The van der Waals surface area contributed by atoms with Crippen molar-refractivity contribution >= 4 is 5.69 Å². The third kappa shape index (κ3) is 5.73. The smallest absolute Gasteiger partial charge is 0.0437 e. The van der Waals surface area contributed by atoms with Gasteiger partial charge in [-0.25, -0.2) is 0 Å². The predicted molar refractivity (Wildman–Crippen MR) is 74.7 cm³/mol. The summed E-state index contributed by atoms with van der Waals surface area (Å²) in [5.74, 6) is 0. The molecule has 0 aromatic heterocycles. The minimum atomic E-state index is 0.844. The van der Waals surface area contributed by atoms with Gasteiger partial charge in [-0.05, 0) is 45.2 Å². The zero-order chi connectivity index (χ0) is 12.3. The molecular weight excluding hydrogens is 210 g/mol. The summed E-state index contributed by atoms with van der Waals surface area (Å²) >= 11 is 0. The summed E-state index contributed by atoms with van der Waals surface area (Å²) in [7, 11) is 0. The Morgan fingerprint density at radius 3 is 2.00 bits per heavy atom. The Morgan fingerprint density at radius 1 is 0.941 bits per heavy atom. The van der Waals surface area contributed by atoms with Gasteiger partial charge in [0, 0.05) is 32.0 Å². The maximum absolute atomic E-state index is 4.83. The van der Waals surface area contributed by atoms with E-state index in [1.54, 1.807) is 0 Å². The number of para-hydroxylation sites is 1. The molecule has 0 spiro atoms. The summed E-state index contributed by atoms with van der Waals surface area (Å²) in [6.07, 6.45) is 4.12. The third-order valence-electron chi connectivity index (χ3n) is 2.89. The van der Waals surface area contributed by atoms with E-state index in [4.69, 9.17) is 4.74 Å². The molecule has 0 atom stereocenters. The van der Waals surface area contributed by atoms with Crippen molar-refractivity contribution in [3.8, 4) is 0 Å². The molecule has 2 nitrogen and oxygen atoms in total. The summed E-state index contributed by atoms with van der Waals surface area (Å²) in [6.45, 7) is 8.15. The van der Waals surface area contributed by atoms with Crippen LogP contribution in [0.3, 0.4) is 0 Å². The summed E-state index contributed by atoms with van der Waals surface area (Å²) in [5.41, 5.74) is 1.39. The van der Waals surface area contributed by atoms with Crippen molar-refractivity contribution < 1.29 is 4.74 Å². The van der Waals surface area contributed by atoms with Crippen LogP contribution >= 0.6 is 0 Å². The van der Waals surface area contributed by atoms with Gasteiger partial charge >= 0.3 is 0 Å². The van der Waals surface area contributed by atoms with E-state index in [-0.39, 0.29) is 0 Å². The highest BCUT2D eigenvalue weighted by Crippen LogP contribution is 2.18. The Kier molecular flexibility index (Phi) is 7.48. The molecule has 0 unspecified atom stereocenters. The van der Waals surface area contributed by atoms with E-state index in [9.17, 15) is 0 Å². The standard InChI is InChI=1S/C11H15N.C4H10O/c1-3-7-11(8-4-1)12-9-5-2-6-10-12;1-3-5-4-2/h1,3-4,7-8H,2,5-6,9-10H2;3-4H2,1-2H3. The van der Waals surface area contributed by atoms with Gasteiger partial charge in [0.15, 0.2) is 0 Å². The van der Waals surface area contributed by atoms with Gasteiger partial charge in [0.2, 0.25) is 0 Å². The number of hydrogen-bond acceptors (Lipinski definition) is 2.